The van der Waals surface area contributed by atoms with Crippen LogP contribution in [0.5, 0.6) is 0 Å². The van der Waals surface area contributed by atoms with Gasteiger partial charge in [-0.15, -0.1) is 5.10 Å². The number of rotatable bonds is 8. The van der Waals surface area contributed by atoms with Crippen LogP contribution in [0.3, 0.4) is 0 Å². The number of carbonyl (C=O) groups is 1. The second-order valence-corrected chi connectivity index (χ2v) is 10.8. The molecule has 1 saturated heterocycles. The first-order chi connectivity index (χ1) is 14.3. The van der Waals surface area contributed by atoms with E-state index in [0.717, 1.165) is 19.3 Å². The van der Waals surface area contributed by atoms with Gasteiger partial charge in [-0.1, -0.05) is 43.6 Å². The van der Waals surface area contributed by atoms with Crippen molar-refractivity contribution < 1.29 is 13.2 Å². The minimum Gasteiger partial charge on any atom is -0.324 e. The Morgan fingerprint density at radius 1 is 1.27 bits per heavy atom. The van der Waals surface area contributed by atoms with E-state index in [9.17, 15) is 13.2 Å². The predicted molar refractivity (Wildman–Crippen MR) is 116 cm³/mol. The quantitative estimate of drug-likeness (QED) is 0.588. The van der Waals surface area contributed by atoms with Crippen LogP contribution in [0, 0.1) is 5.92 Å². The first kappa shape index (κ1) is 23.0. The summed E-state index contributed by atoms with van der Waals surface area (Å²) in [7, 11) is -3.61. The van der Waals surface area contributed by atoms with Crippen LogP contribution in [0.2, 0.25) is 5.02 Å². The smallest absolute Gasteiger partial charge is 0.243 e. The normalized spacial score (nSPS) is 15.5. The Hall–Kier alpha value is -1.69. The van der Waals surface area contributed by atoms with Crippen molar-refractivity contribution in [1.29, 1.82) is 0 Å². The first-order valence-electron chi connectivity index (χ1n) is 9.76. The molecule has 0 atom stereocenters. The molecule has 30 heavy (non-hydrogen) atoms. The van der Waals surface area contributed by atoms with Crippen LogP contribution in [-0.2, 0) is 21.4 Å². The summed E-state index contributed by atoms with van der Waals surface area (Å²) >= 11 is 7.40. The van der Waals surface area contributed by atoms with Gasteiger partial charge in [0, 0.05) is 19.6 Å². The summed E-state index contributed by atoms with van der Waals surface area (Å²) < 4.78 is 28.9. The van der Waals surface area contributed by atoms with E-state index in [1.54, 1.807) is 4.68 Å². The molecular formula is C18H25ClN6O3S2. The monoisotopic (exact) mass is 472 g/mol. The summed E-state index contributed by atoms with van der Waals surface area (Å²) in [6.07, 6.45) is 2.74. The molecule has 9 nitrogen and oxygen atoms in total. The largest absolute Gasteiger partial charge is 0.324 e. The lowest BCUT2D eigenvalue weighted by Gasteiger charge is -2.26. The summed E-state index contributed by atoms with van der Waals surface area (Å²) in [5, 5.41) is 15.0. The Kier molecular flexibility index (Phi) is 7.72. The lowest BCUT2D eigenvalue weighted by Crippen LogP contribution is -2.35. The number of hydrogen-bond acceptors (Lipinski definition) is 7. The molecule has 1 aromatic heterocycles. The Morgan fingerprint density at radius 2 is 2.00 bits per heavy atom. The van der Waals surface area contributed by atoms with Gasteiger partial charge in [0.25, 0.3) is 0 Å². The highest BCUT2D eigenvalue weighted by molar-refractivity contribution is 7.99. The van der Waals surface area contributed by atoms with Crippen LogP contribution >= 0.6 is 23.4 Å². The highest BCUT2D eigenvalue weighted by Crippen LogP contribution is 2.28. The van der Waals surface area contributed by atoms with Crippen molar-refractivity contribution in [3.63, 3.8) is 0 Å². The second-order valence-electron chi connectivity index (χ2n) is 7.48. The van der Waals surface area contributed by atoms with Crippen LogP contribution < -0.4 is 5.32 Å². The zero-order valence-corrected chi connectivity index (χ0v) is 19.3. The number of piperidine rings is 1. The number of nitrogens with one attached hydrogen (secondary N) is 1. The van der Waals surface area contributed by atoms with Crippen LogP contribution in [-0.4, -0.2) is 57.7 Å². The summed E-state index contributed by atoms with van der Waals surface area (Å²) in [6.45, 7) is 5.77. The molecule has 1 fully saturated rings. The Balaban J connectivity index is 1.67. The molecule has 1 N–H and O–H groups in total. The van der Waals surface area contributed by atoms with Gasteiger partial charge in [0.15, 0.2) is 0 Å². The Bertz CT molecular complexity index is 990. The van der Waals surface area contributed by atoms with E-state index in [4.69, 9.17) is 11.6 Å². The number of nitrogens with zero attached hydrogens (tertiary/aromatic N) is 5. The molecule has 1 amide bonds. The molecule has 3 rings (SSSR count). The zero-order valence-electron chi connectivity index (χ0n) is 16.9. The van der Waals surface area contributed by atoms with Crippen molar-refractivity contribution in [2.24, 2.45) is 5.92 Å². The van der Waals surface area contributed by atoms with E-state index < -0.39 is 10.0 Å². The fourth-order valence-electron chi connectivity index (χ4n) is 3.09. The molecule has 0 radical (unpaired) electrons. The van der Waals surface area contributed by atoms with E-state index in [-0.39, 0.29) is 27.3 Å². The van der Waals surface area contributed by atoms with Crippen molar-refractivity contribution in [1.82, 2.24) is 24.5 Å². The van der Waals surface area contributed by atoms with Crippen LogP contribution in [0.1, 0.15) is 33.1 Å². The molecule has 2 heterocycles. The zero-order chi connectivity index (χ0) is 21.7. The lowest BCUT2D eigenvalue weighted by atomic mass is 10.2. The minimum atomic E-state index is -3.61. The number of sulfonamides is 1. The third-order valence-corrected chi connectivity index (χ3v) is 7.72. The van der Waals surface area contributed by atoms with Gasteiger partial charge in [0.1, 0.15) is 0 Å². The number of benzene rings is 1. The van der Waals surface area contributed by atoms with Gasteiger partial charge in [-0.3, -0.25) is 4.79 Å². The number of amides is 1. The van der Waals surface area contributed by atoms with Gasteiger partial charge in [-0.05, 0) is 47.4 Å². The molecular weight excluding hydrogens is 448 g/mol. The molecule has 1 aliphatic rings. The van der Waals surface area contributed by atoms with Gasteiger partial charge in [0.2, 0.25) is 21.1 Å². The molecule has 12 heteroatoms. The predicted octanol–water partition coefficient (Wildman–Crippen LogP) is 2.89. The summed E-state index contributed by atoms with van der Waals surface area (Å²) in [4.78, 5) is 12.6. The second kappa shape index (κ2) is 10.1. The number of anilines is 1. The molecule has 0 aliphatic carbocycles. The van der Waals surface area contributed by atoms with Gasteiger partial charge < -0.3 is 5.32 Å². The van der Waals surface area contributed by atoms with E-state index in [2.05, 4.69) is 34.7 Å². The number of tetrazole rings is 1. The van der Waals surface area contributed by atoms with Crippen molar-refractivity contribution >= 4 is 45.0 Å². The number of aromatic nitrogens is 4. The maximum absolute atomic E-state index is 12.9. The maximum atomic E-state index is 12.9. The fourth-order valence-corrected chi connectivity index (χ4v) is 5.49. The number of thioether (sulfide) groups is 1. The number of hydrogen-bond donors (Lipinski definition) is 1. The van der Waals surface area contributed by atoms with Crippen LogP contribution in [0.4, 0.5) is 5.69 Å². The molecule has 1 aliphatic heterocycles. The molecule has 0 unspecified atom stereocenters. The van der Waals surface area contributed by atoms with Crippen molar-refractivity contribution in [3.05, 3.63) is 23.2 Å². The van der Waals surface area contributed by atoms with E-state index in [0.29, 0.717) is 30.7 Å². The number of carbonyl (C=O) groups excluding carboxylic acids is 1. The maximum Gasteiger partial charge on any atom is 0.243 e. The molecule has 164 valence electrons. The minimum absolute atomic E-state index is 0.0674. The van der Waals surface area contributed by atoms with Crippen molar-refractivity contribution in [2.45, 2.75) is 49.7 Å². The lowest BCUT2D eigenvalue weighted by molar-refractivity contribution is -0.113. The van der Waals surface area contributed by atoms with Crippen LogP contribution in [0.25, 0.3) is 0 Å². The summed E-state index contributed by atoms with van der Waals surface area (Å²) in [6, 6.07) is 4.37. The third kappa shape index (κ3) is 5.71. The molecule has 2 aromatic rings. The molecule has 0 bridgehead atoms. The summed E-state index contributed by atoms with van der Waals surface area (Å²) in [5.74, 6) is 0.108. The average molecular weight is 473 g/mol. The van der Waals surface area contributed by atoms with Crippen molar-refractivity contribution in [3.8, 4) is 0 Å². The van der Waals surface area contributed by atoms with Gasteiger partial charge in [-0.2, -0.15) is 4.31 Å². The average Bonchev–Trinajstić information content (AvgIpc) is 3.15. The SMILES string of the molecule is CC(C)Cn1nnnc1SCC(=O)Nc1cc(S(=O)(=O)N2CCCCC2)ccc1Cl. The Morgan fingerprint density at radius 3 is 2.70 bits per heavy atom. The van der Waals surface area contributed by atoms with E-state index in [1.807, 2.05) is 0 Å². The molecule has 0 saturated carbocycles. The number of halogens is 1. The highest BCUT2D eigenvalue weighted by Gasteiger charge is 2.26. The summed E-state index contributed by atoms with van der Waals surface area (Å²) in [5.41, 5.74) is 0.266. The van der Waals surface area contributed by atoms with Gasteiger partial charge in [0.05, 0.1) is 21.4 Å². The fraction of sp³-hybridized carbons (Fsp3) is 0.556. The van der Waals surface area contributed by atoms with E-state index in [1.165, 1.54) is 34.3 Å². The van der Waals surface area contributed by atoms with Crippen molar-refractivity contribution in [2.75, 3.05) is 24.2 Å². The van der Waals surface area contributed by atoms with Gasteiger partial charge >= 0.3 is 0 Å². The molecule has 0 spiro atoms. The van der Waals surface area contributed by atoms with E-state index >= 15 is 0 Å². The van der Waals surface area contributed by atoms with Crippen LogP contribution in [0.15, 0.2) is 28.3 Å². The molecule has 1 aromatic carbocycles. The Labute approximate surface area is 185 Å². The van der Waals surface area contributed by atoms with Gasteiger partial charge in [-0.25, -0.2) is 13.1 Å². The topological polar surface area (TPSA) is 110 Å². The standard InChI is InChI=1S/C18H25ClN6O3S2/c1-13(2)11-25-18(21-22-23-25)29-12-17(26)20-16-10-14(6-7-15(16)19)30(27,28)24-8-4-3-5-9-24/h6-7,10,13H,3-5,8-9,11-12H2,1-2H3,(H,20,26). The first-order valence-corrected chi connectivity index (χ1v) is 12.6. The third-order valence-electron chi connectivity index (χ3n) is 4.53. The highest BCUT2D eigenvalue weighted by atomic mass is 35.5.